The summed E-state index contributed by atoms with van der Waals surface area (Å²) in [5, 5.41) is 0.728. The molecule has 7 nitrogen and oxygen atoms in total. The van der Waals surface area contributed by atoms with Crippen LogP contribution >= 0.6 is 11.3 Å². The van der Waals surface area contributed by atoms with E-state index in [-0.39, 0.29) is 21.8 Å². The van der Waals surface area contributed by atoms with Gasteiger partial charge in [0.2, 0.25) is 0 Å². The van der Waals surface area contributed by atoms with Gasteiger partial charge in [0.05, 0.1) is 0 Å². The average Bonchev–Trinajstić information content (AvgIpc) is 3.20. The second-order valence-electron chi connectivity index (χ2n) is 6.24. The molecule has 2 aromatic heterocycles. The first-order valence-corrected chi connectivity index (χ1v) is 9.64. The van der Waals surface area contributed by atoms with E-state index < -0.39 is 23.9 Å². The molecule has 0 aliphatic rings. The normalized spacial score (nSPS) is 12.7. The summed E-state index contributed by atoms with van der Waals surface area (Å²) in [6.07, 6.45) is -3.57. The van der Waals surface area contributed by atoms with Crippen molar-refractivity contribution in [2.45, 2.75) is 19.1 Å². The Morgan fingerprint density at radius 2 is 1.97 bits per heavy atom. The molecule has 0 fully saturated rings. The van der Waals surface area contributed by atoms with Gasteiger partial charge in [0.1, 0.15) is 0 Å². The number of hydrogen-bond acceptors (Lipinski definition) is 8. The number of pyridine rings is 1. The molecule has 1 atom stereocenters. The molecule has 0 amide bonds. The number of aromatic nitrogens is 2. The Balaban J connectivity index is 2.23. The fraction of sp³-hybridized carbons (Fsp3) is 0.263. The summed E-state index contributed by atoms with van der Waals surface area (Å²) in [7, 11) is 3.05. The molecule has 31 heavy (non-hydrogen) atoms. The molecule has 0 aliphatic heterocycles. The molecule has 0 spiro atoms. The Hall–Kier alpha value is -3.15. The number of carbonyl (C=O) groups is 1. The maximum atomic E-state index is 13.1. The Morgan fingerprint density at radius 3 is 2.58 bits per heavy atom. The van der Waals surface area contributed by atoms with Crippen LogP contribution in [-0.4, -0.2) is 43.4 Å². The molecular weight excluding hydrogens is 434 g/mol. The third kappa shape index (κ3) is 4.48. The summed E-state index contributed by atoms with van der Waals surface area (Å²) >= 11 is 1.01. The number of aliphatic imine (C=N–C) groups is 1. The van der Waals surface area contributed by atoms with Crippen molar-refractivity contribution in [1.82, 2.24) is 9.97 Å². The summed E-state index contributed by atoms with van der Waals surface area (Å²) < 4.78 is 60.0. The van der Waals surface area contributed by atoms with Gasteiger partial charge in [0, 0.05) is 0 Å². The van der Waals surface area contributed by atoms with Crippen molar-refractivity contribution in [3.8, 4) is 16.3 Å². The number of rotatable bonds is 6. The predicted molar refractivity (Wildman–Crippen MR) is 109 cm³/mol. The number of thiazole rings is 1. The van der Waals surface area contributed by atoms with Gasteiger partial charge in [-0.1, -0.05) is 0 Å². The second kappa shape index (κ2) is 8.92. The zero-order valence-corrected chi connectivity index (χ0v) is 17.4. The van der Waals surface area contributed by atoms with Gasteiger partial charge in [-0.15, -0.1) is 0 Å². The Morgan fingerprint density at radius 1 is 1.23 bits per heavy atom. The van der Waals surface area contributed by atoms with Gasteiger partial charge in [0.25, 0.3) is 0 Å². The Bertz CT molecular complexity index is 1180. The van der Waals surface area contributed by atoms with Gasteiger partial charge in [-0.25, -0.2) is 0 Å². The fourth-order valence-corrected chi connectivity index (χ4v) is 4.02. The molecule has 2 heterocycles. The number of alkyl halides is 3. The molecule has 1 aromatic carbocycles. The fourth-order valence-electron chi connectivity index (χ4n) is 2.91. The first-order valence-electron chi connectivity index (χ1n) is 8.82. The number of esters is 1. The molecule has 12 heteroatoms. The number of benzene rings is 1. The molecule has 160 valence electrons. The van der Waals surface area contributed by atoms with Gasteiger partial charge in [0.15, 0.2) is 0 Å². The standard InChI is InChI=1S/C19H15BF3N3O4S/c1-9(24-8-20-28)14-16(18(27)30-3)31-17(26-14)11-4-6-12(29-2)15-10(11)5-7-13(25-15)19(21,22)23/h4-9H,1-3H3/b24-8+. The van der Waals surface area contributed by atoms with E-state index in [2.05, 4.69) is 15.0 Å². The van der Waals surface area contributed by atoms with Crippen LogP contribution in [0.4, 0.5) is 13.2 Å². The van der Waals surface area contributed by atoms with Gasteiger partial charge in [-0.2, -0.15) is 13.2 Å². The number of hydrogen-bond donors (Lipinski definition) is 0. The monoisotopic (exact) mass is 449 g/mol. The van der Waals surface area contributed by atoms with Crippen molar-refractivity contribution in [2.75, 3.05) is 14.2 Å². The van der Waals surface area contributed by atoms with Crippen LogP contribution in [0.1, 0.15) is 34.0 Å². The van der Waals surface area contributed by atoms with Crippen LogP contribution in [0.3, 0.4) is 0 Å². The van der Waals surface area contributed by atoms with Crippen molar-refractivity contribution in [3.63, 3.8) is 0 Å². The third-order valence-electron chi connectivity index (χ3n) is 4.35. The predicted octanol–water partition coefficient (Wildman–Crippen LogP) is 4.31. The van der Waals surface area contributed by atoms with Crippen LogP contribution in [0.25, 0.3) is 21.5 Å². The second-order valence-corrected chi connectivity index (χ2v) is 7.24. The number of nitrogens with zero attached hydrogens (tertiary/aromatic N) is 3. The van der Waals surface area contributed by atoms with Crippen LogP contribution in [0, 0.1) is 0 Å². The van der Waals surface area contributed by atoms with Crippen LogP contribution in [0.15, 0.2) is 29.3 Å². The molecule has 0 aliphatic carbocycles. The Kier molecular flexibility index (Phi) is 6.49. The van der Waals surface area contributed by atoms with Crippen molar-refractivity contribution < 1.29 is 32.1 Å². The van der Waals surface area contributed by atoms with E-state index in [0.717, 1.165) is 23.5 Å². The zero-order chi connectivity index (χ0) is 22.8. The zero-order valence-electron chi connectivity index (χ0n) is 16.6. The van der Waals surface area contributed by atoms with Crippen molar-refractivity contribution in [2.24, 2.45) is 4.99 Å². The molecule has 0 radical (unpaired) electrons. The summed E-state index contributed by atoms with van der Waals surface area (Å²) in [5.74, 6) is -0.471. The quantitative estimate of drug-likeness (QED) is 0.317. The molecule has 1 unspecified atom stereocenters. The van der Waals surface area contributed by atoms with E-state index in [1.54, 1.807) is 13.0 Å². The molecule has 0 saturated heterocycles. The summed E-state index contributed by atoms with van der Waals surface area (Å²) in [6.45, 7) is 1.65. The van der Waals surface area contributed by atoms with Gasteiger partial charge >= 0.3 is 166 Å². The Labute approximate surface area is 179 Å². The van der Waals surface area contributed by atoms with Gasteiger partial charge < -0.3 is 0 Å². The topological polar surface area (TPSA) is 90.7 Å². The molecule has 3 rings (SSSR count). The van der Waals surface area contributed by atoms with Gasteiger partial charge in [-0.3, -0.25) is 0 Å². The molecule has 0 saturated carbocycles. The van der Waals surface area contributed by atoms with Crippen LogP contribution in [0.2, 0.25) is 0 Å². The molecular formula is C19H15BF3N3O4S. The first kappa shape index (κ1) is 22.5. The first-order chi connectivity index (χ1) is 14.7. The maximum absolute atomic E-state index is 13.1. The minimum absolute atomic E-state index is 0.0122. The summed E-state index contributed by atoms with van der Waals surface area (Å²) in [5.41, 5.74) is -0.292. The molecule has 0 bridgehead atoms. The van der Waals surface area contributed by atoms with Crippen molar-refractivity contribution in [3.05, 3.63) is 40.5 Å². The average molecular weight is 449 g/mol. The number of carbonyl (C=O) groups excluding carboxylic acids is 1. The SMILES string of the molecule is COC(=O)c1sc(-c2ccc(OC)c3nc(C(F)(F)F)ccc23)nc1C(C)/N=C/B=O. The minimum atomic E-state index is -4.62. The van der Waals surface area contributed by atoms with Crippen molar-refractivity contribution >= 4 is 41.5 Å². The van der Waals surface area contributed by atoms with Crippen molar-refractivity contribution in [1.29, 1.82) is 0 Å². The van der Waals surface area contributed by atoms with Crippen LogP contribution < -0.4 is 4.74 Å². The van der Waals surface area contributed by atoms with E-state index in [1.807, 2.05) is 0 Å². The van der Waals surface area contributed by atoms with E-state index in [0.29, 0.717) is 23.1 Å². The summed E-state index contributed by atoms with van der Waals surface area (Å²) in [4.78, 5) is 24.6. The van der Waals surface area contributed by atoms with Gasteiger partial charge in [-0.05, 0) is 0 Å². The van der Waals surface area contributed by atoms with E-state index >= 15 is 0 Å². The third-order valence-corrected chi connectivity index (χ3v) is 5.44. The molecule has 3 aromatic rings. The van der Waals surface area contributed by atoms with E-state index in [4.69, 9.17) is 9.47 Å². The van der Waals surface area contributed by atoms with Crippen LogP contribution in [0.5, 0.6) is 5.75 Å². The van der Waals surface area contributed by atoms with E-state index in [9.17, 15) is 22.7 Å². The summed E-state index contributed by atoms with van der Waals surface area (Å²) in [6, 6.07) is 4.65. The number of ether oxygens (including phenoxy) is 2. The number of methoxy groups -OCH3 is 2. The van der Waals surface area contributed by atoms with E-state index in [1.165, 1.54) is 26.4 Å². The number of halogens is 3. The molecule has 0 N–H and O–H groups in total. The van der Waals surface area contributed by atoms with Crippen LogP contribution in [-0.2, 0) is 15.6 Å². The number of fused-ring (bicyclic) bond motifs is 1.